The van der Waals surface area contributed by atoms with Gasteiger partial charge in [-0.05, 0) is 0 Å². The predicted molar refractivity (Wildman–Crippen MR) is 75.8 cm³/mol. The molecule has 1 aliphatic heterocycles. The van der Waals surface area contributed by atoms with E-state index in [-0.39, 0.29) is 0 Å². The van der Waals surface area contributed by atoms with Gasteiger partial charge in [0.25, 0.3) is 0 Å². The molecule has 12 nitrogen and oxygen atoms in total. The summed E-state index contributed by atoms with van der Waals surface area (Å²) >= 11 is 0. The molecule has 25 heavy (non-hydrogen) atoms. The molecular weight excluding hydrogens is 348 g/mol. The van der Waals surface area contributed by atoms with E-state index < -0.39 is 74.3 Å². The molecule has 1 rings (SSSR count). The Morgan fingerprint density at radius 1 is 1.08 bits per heavy atom. The first-order valence-electron chi connectivity index (χ1n) is 7.38. The number of aliphatic hydroxyl groups is 8. The molecule has 1 fully saturated rings. The van der Waals surface area contributed by atoms with Gasteiger partial charge in [0.2, 0.25) is 0 Å². The molecule has 4 unspecified atom stereocenters. The third-order valence-electron chi connectivity index (χ3n) is 3.81. The summed E-state index contributed by atoms with van der Waals surface area (Å²) in [6.07, 6.45) is -16.3. The Morgan fingerprint density at radius 2 is 1.68 bits per heavy atom. The second kappa shape index (κ2) is 9.68. The van der Waals surface area contributed by atoms with Crippen LogP contribution in [0, 0.1) is 0 Å². The van der Waals surface area contributed by atoms with Crippen LogP contribution in [-0.4, -0.2) is 122 Å². The van der Waals surface area contributed by atoms with Crippen LogP contribution >= 0.6 is 0 Å². The summed E-state index contributed by atoms with van der Waals surface area (Å²) in [5.41, 5.74) is 0. The Labute approximate surface area is 142 Å². The minimum absolute atomic E-state index is 0.745. The molecule has 12 heteroatoms. The van der Waals surface area contributed by atoms with Gasteiger partial charge in [-0.25, -0.2) is 4.79 Å². The number of hydrogen-bond acceptors (Lipinski definition) is 12. The van der Waals surface area contributed by atoms with Gasteiger partial charge in [-0.1, -0.05) is 0 Å². The number of ether oxygens (including phenoxy) is 3. The van der Waals surface area contributed by atoms with Crippen molar-refractivity contribution in [3.8, 4) is 0 Å². The molecule has 1 heterocycles. The molecule has 148 valence electrons. The van der Waals surface area contributed by atoms with E-state index >= 15 is 0 Å². The monoisotopic (exact) mass is 372 g/mol. The highest BCUT2D eigenvalue weighted by atomic mass is 16.7. The van der Waals surface area contributed by atoms with Gasteiger partial charge in [0.05, 0.1) is 20.3 Å². The highest BCUT2D eigenvalue weighted by molar-refractivity contribution is 5.75. The zero-order valence-corrected chi connectivity index (χ0v) is 13.3. The van der Waals surface area contributed by atoms with E-state index in [0.717, 1.165) is 7.11 Å². The zero-order valence-electron chi connectivity index (χ0n) is 13.3. The van der Waals surface area contributed by atoms with Crippen molar-refractivity contribution >= 4 is 5.97 Å². The number of hydrogen-bond donors (Lipinski definition) is 8. The lowest BCUT2D eigenvalue weighted by atomic mass is 9.98. The summed E-state index contributed by atoms with van der Waals surface area (Å²) in [5.74, 6) is -1.25. The van der Waals surface area contributed by atoms with Gasteiger partial charge in [0.15, 0.2) is 12.4 Å². The number of rotatable bonds is 8. The normalized spacial score (nSPS) is 34.8. The second-order valence-electron chi connectivity index (χ2n) is 5.51. The van der Waals surface area contributed by atoms with Crippen molar-refractivity contribution in [3.05, 3.63) is 0 Å². The van der Waals surface area contributed by atoms with Crippen molar-refractivity contribution < 1.29 is 59.9 Å². The highest BCUT2D eigenvalue weighted by Gasteiger charge is 2.47. The Balaban J connectivity index is 2.95. The minimum atomic E-state index is -2.15. The Hall–Kier alpha value is -0.930. The molecule has 0 saturated carbocycles. The van der Waals surface area contributed by atoms with Gasteiger partial charge in [0.1, 0.15) is 42.7 Å². The van der Waals surface area contributed by atoms with Crippen LogP contribution in [0.4, 0.5) is 0 Å². The first-order chi connectivity index (χ1) is 11.7. The number of carbonyl (C=O) groups excluding carboxylic acids is 1. The minimum Gasteiger partial charge on any atom is -0.467 e. The standard InChI is InChI=1S/C13H24O12/c1-23-12(22)9(20)8(19)11(4(16)2-14)25-13-10(21)7(18)6(17)5(3-15)24-13/h4-11,13-21H,2-3H2,1H3/t4?,5-,6-,7+,8?,9?,10-,11?,13-/m1/s1. The van der Waals surface area contributed by atoms with Crippen molar-refractivity contribution in [1.82, 2.24) is 0 Å². The smallest absolute Gasteiger partial charge is 0.337 e. The van der Waals surface area contributed by atoms with Gasteiger partial charge in [0, 0.05) is 0 Å². The van der Waals surface area contributed by atoms with E-state index in [1.54, 1.807) is 0 Å². The lowest BCUT2D eigenvalue weighted by molar-refractivity contribution is -0.326. The number of esters is 1. The third-order valence-corrected chi connectivity index (χ3v) is 3.81. The van der Waals surface area contributed by atoms with Crippen molar-refractivity contribution in [2.75, 3.05) is 20.3 Å². The molecular formula is C13H24O12. The average molecular weight is 372 g/mol. The van der Waals surface area contributed by atoms with E-state index in [1.165, 1.54) is 0 Å². The maximum absolute atomic E-state index is 11.3. The number of methoxy groups -OCH3 is 1. The lowest BCUT2D eigenvalue weighted by Crippen LogP contribution is -2.61. The van der Waals surface area contributed by atoms with Crippen LogP contribution in [0.1, 0.15) is 0 Å². The fourth-order valence-corrected chi connectivity index (χ4v) is 2.28. The summed E-state index contributed by atoms with van der Waals surface area (Å²) in [6.45, 7) is -1.70. The first kappa shape index (κ1) is 22.1. The third kappa shape index (κ3) is 5.04. The Kier molecular flexibility index (Phi) is 8.56. The summed E-state index contributed by atoms with van der Waals surface area (Å²) < 4.78 is 14.4. The quantitative estimate of drug-likeness (QED) is 0.188. The predicted octanol–water partition coefficient (Wildman–Crippen LogP) is -5.58. The van der Waals surface area contributed by atoms with Crippen molar-refractivity contribution in [2.24, 2.45) is 0 Å². The van der Waals surface area contributed by atoms with E-state index in [9.17, 15) is 35.4 Å². The van der Waals surface area contributed by atoms with Crippen LogP contribution in [0.25, 0.3) is 0 Å². The van der Waals surface area contributed by atoms with Crippen LogP contribution in [0.2, 0.25) is 0 Å². The van der Waals surface area contributed by atoms with Crippen LogP contribution in [0.5, 0.6) is 0 Å². The van der Waals surface area contributed by atoms with Crippen molar-refractivity contribution in [1.29, 1.82) is 0 Å². The topological polar surface area (TPSA) is 207 Å². The van der Waals surface area contributed by atoms with Crippen LogP contribution in [0.3, 0.4) is 0 Å². The van der Waals surface area contributed by atoms with Gasteiger partial charge < -0.3 is 55.1 Å². The van der Waals surface area contributed by atoms with Crippen LogP contribution < -0.4 is 0 Å². The van der Waals surface area contributed by atoms with Gasteiger partial charge in [-0.2, -0.15) is 0 Å². The largest absolute Gasteiger partial charge is 0.467 e. The maximum atomic E-state index is 11.3. The summed E-state index contributed by atoms with van der Waals surface area (Å²) in [7, 11) is 0.939. The zero-order chi connectivity index (χ0) is 19.3. The van der Waals surface area contributed by atoms with Gasteiger partial charge >= 0.3 is 5.97 Å². The molecule has 0 aromatic carbocycles. The fraction of sp³-hybridized carbons (Fsp3) is 0.923. The van der Waals surface area contributed by atoms with Gasteiger partial charge in [-0.3, -0.25) is 0 Å². The molecule has 0 spiro atoms. The van der Waals surface area contributed by atoms with Gasteiger partial charge in [-0.15, -0.1) is 0 Å². The molecule has 0 aromatic heterocycles. The summed E-state index contributed by atoms with van der Waals surface area (Å²) in [5, 5.41) is 76.8. The van der Waals surface area contributed by atoms with Crippen LogP contribution in [-0.2, 0) is 19.0 Å². The van der Waals surface area contributed by atoms with Crippen LogP contribution in [0.15, 0.2) is 0 Å². The van der Waals surface area contributed by atoms with Crippen molar-refractivity contribution in [3.63, 3.8) is 0 Å². The summed E-state index contributed by atoms with van der Waals surface area (Å²) in [6, 6.07) is 0. The van der Waals surface area contributed by atoms with E-state index in [0.29, 0.717) is 0 Å². The maximum Gasteiger partial charge on any atom is 0.337 e. The molecule has 0 aromatic rings. The SMILES string of the molecule is COC(=O)C(O)C(O)C(O[C@H]1O[C@H](CO)[C@@H](O)[C@H](O)[C@H]1O)C(O)CO. The van der Waals surface area contributed by atoms with Crippen molar-refractivity contribution in [2.45, 2.75) is 55.1 Å². The summed E-state index contributed by atoms with van der Waals surface area (Å²) in [4.78, 5) is 11.3. The Bertz CT molecular complexity index is 418. The molecule has 0 radical (unpaired) electrons. The molecule has 0 aliphatic carbocycles. The average Bonchev–Trinajstić information content (AvgIpc) is 2.63. The molecule has 0 bridgehead atoms. The Morgan fingerprint density at radius 3 is 2.16 bits per heavy atom. The fourth-order valence-electron chi connectivity index (χ4n) is 2.28. The van der Waals surface area contributed by atoms with E-state index in [4.69, 9.17) is 19.7 Å². The van der Waals surface area contributed by atoms with E-state index in [1.807, 2.05) is 0 Å². The second-order valence-corrected chi connectivity index (χ2v) is 5.51. The molecule has 1 saturated heterocycles. The molecule has 8 N–H and O–H groups in total. The lowest BCUT2D eigenvalue weighted by Gasteiger charge is -2.42. The molecule has 1 aliphatic rings. The van der Waals surface area contributed by atoms with E-state index in [2.05, 4.69) is 4.74 Å². The molecule has 0 amide bonds. The number of aliphatic hydroxyl groups excluding tert-OH is 8. The first-order valence-corrected chi connectivity index (χ1v) is 7.38. The highest BCUT2D eigenvalue weighted by Crippen LogP contribution is 2.25. The molecule has 9 atom stereocenters. The number of carbonyl (C=O) groups is 1.